The third-order valence-electron chi connectivity index (χ3n) is 10.1. The van der Waals surface area contributed by atoms with Gasteiger partial charge < -0.3 is 25.2 Å². The normalized spacial score (nSPS) is 47.4. The van der Waals surface area contributed by atoms with Gasteiger partial charge in [0.1, 0.15) is 17.2 Å². The van der Waals surface area contributed by atoms with Crippen LogP contribution in [0.1, 0.15) is 39.5 Å². The van der Waals surface area contributed by atoms with Gasteiger partial charge in [-0.1, -0.05) is 13.8 Å². The van der Waals surface area contributed by atoms with Gasteiger partial charge in [0.15, 0.2) is 5.78 Å². The molecular formula is C25H31N3O8. The molecule has 1 aromatic carbocycles. The average molecular weight is 502 g/mol. The molecule has 0 aromatic heterocycles. The lowest BCUT2D eigenvalue weighted by molar-refractivity contribution is -0.455. The number of hydrazone groups is 1. The number of nitrogens with one attached hydrogen (secondary N) is 1. The second-order valence-corrected chi connectivity index (χ2v) is 11.9. The summed E-state index contributed by atoms with van der Waals surface area (Å²) in [6.45, 7) is 4.04. The van der Waals surface area contributed by atoms with Crippen molar-refractivity contribution in [3.63, 3.8) is 0 Å². The third kappa shape index (κ3) is 2.55. The van der Waals surface area contributed by atoms with Crippen molar-refractivity contribution in [1.29, 1.82) is 0 Å². The van der Waals surface area contributed by atoms with Gasteiger partial charge in [-0.2, -0.15) is 5.10 Å². The summed E-state index contributed by atoms with van der Waals surface area (Å²) in [5, 5.41) is 62.2. The van der Waals surface area contributed by atoms with Crippen molar-refractivity contribution in [2.24, 2.45) is 39.1 Å². The Labute approximate surface area is 207 Å². The Hall–Kier alpha value is -2.44. The smallest absolute Gasteiger partial charge is 0.269 e. The van der Waals surface area contributed by atoms with Crippen LogP contribution in [0.3, 0.4) is 0 Å². The maximum absolute atomic E-state index is 13.6. The molecule has 194 valence electrons. The van der Waals surface area contributed by atoms with E-state index in [2.05, 4.69) is 10.5 Å². The van der Waals surface area contributed by atoms with E-state index in [1.165, 1.54) is 24.3 Å². The summed E-state index contributed by atoms with van der Waals surface area (Å²) in [7, 11) is 0. The number of Topliss-reactive ketones (excluding diaryl/α,β-unsaturated/α-hetero) is 1. The molecule has 7 rings (SSSR count). The summed E-state index contributed by atoms with van der Waals surface area (Å²) in [4.78, 5) is 24.0. The number of rotatable bonds is 3. The highest BCUT2D eigenvalue weighted by molar-refractivity contribution is 6.45. The molecule has 4 bridgehead atoms. The molecule has 36 heavy (non-hydrogen) atoms. The lowest BCUT2D eigenvalue weighted by atomic mass is 9.35. The van der Waals surface area contributed by atoms with Gasteiger partial charge in [0.2, 0.25) is 5.79 Å². The fourth-order valence-electron chi connectivity index (χ4n) is 8.70. The zero-order valence-electron chi connectivity index (χ0n) is 20.1. The molecule has 4 saturated carbocycles. The van der Waals surface area contributed by atoms with E-state index < -0.39 is 68.8 Å². The number of nitro benzene ring substituents is 1. The standard InChI is InChI=1S/C25H31N3O8/c1-22(2)10-9-16(29)23-11-36-25(33,21(32)18(22)23)24-15(23)8-7-14(20(24)31)17(30)19(24)27-26-12-3-5-13(6-4-12)28(34)35/h3-6,14-16,18,20-21,26,29,31-33H,7-11H2,1-2H3/b27-19+/t14-,15?,16-,18?,20+,21-,23+,24?,25-/m0/s1. The van der Waals surface area contributed by atoms with Gasteiger partial charge in [-0.15, -0.1) is 0 Å². The van der Waals surface area contributed by atoms with Crippen molar-refractivity contribution in [3.8, 4) is 0 Å². The van der Waals surface area contributed by atoms with Crippen molar-refractivity contribution in [2.45, 2.75) is 63.6 Å². The predicted octanol–water partition coefficient (Wildman–Crippen LogP) is 1.20. The number of ketones is 1. The van der Waals surface area contributed by atoms with Crippen molar-refractivity contribution in [3.05, 3.63) is 34.4 Å². The first-order valence-electron chi connectivity index (χ1n) is 12.5. The van der Waals surface area contributed by atoms with Gasteiger partial charge in [0.25, 0.3) is 5.69 Å². The van der Waals surface area contributed by atoms with E-state index in [0.29, 0.717) is 31.4 Å². The van der Waals surface area contributed by atoms with E-state index in [1.807, 2.05) is 13.8 Å². The first-order chi connectivity index (χ1) is 16.9. The predicted molar refractivity (Wildman–Crippen MR) is 126 cm³/mol. The number of nitro groups is 1. The van der Waals surface area contributed by atoms with Crippen LogP contribution < -0.4 is 5.43 Å². The molecule has 11 heteroatoms. The number of hydrogen-bond acceptors (Lipinski definition) is 10. The van der Waals surface area contributed by atoms with Crippen LogP contribution in [0.15, 0.2) is 29.4 Å². The number of carbonyl (C=O) groups is 1. The quantitative estimate of drug-likeness (QED) is 0.301. The Balaban J connectivity index is 1.51. The number of ether oxygens (including phenoxy) is 1. The lowest BCUT2D eigenvalue weighted by Gasteiger charge is -2.75. The molecule has 5 N–H and O–H groups in total. The topological polar surface area (TPSA) is 175 Å². The molecule has 1 aromatic rings. The van der Waals surface area contributed by atoms with E-state index in [-0.39, 0.29) is 18.0 Å². The van der Waals surface area contributed by atoms with Crippen molar-refractivity contribution >= 4 is 22.9 Å². The van der Waals surface area contributed by atoms with E-state index >= 15 is 0 Å². The molecule has 4 aliphatic carbocycles. The largest absolute Gasteiger partial charge is 0.392 e. The summed E-state index contributed by atoms with van der Waals surface area (Å²) in [6.07, 6.45) is -1.69. The fourth-order valence-corrected chi connectivity index (χ4v) is 8.70. The summed E-state index contributed by atoms with van der Waals surface area (Å²) in [5.74, 6) is -4.60. The minimum Gasteiger partial charge on any atom is -0.392 e. The first-order valence-corrected chi connectivity index (χ1v) is 12.5. The minimum atomic E-state index is -2.28. The Morgan fingerprint density at radius 2 is 1.81 bits per heavy atom. The SMILES string of the molecule is CC1(C)CC[C@H](O)[C@]23CO[C@@](O)([C@@H](O)C12)C12/C(=N/Nc4ccc([N+](=O)[O-])cc4)C(=O)[C@H](CCC13)[C@H]2O. The number of anilines is 1. The minimum absolute atomic E-state index is 0.0108. The molecule has 2 saturated heterocycles. The zero-order chi connectivity index (χ0) is 25.8. The van der Waals surface area contributed by atoms with Crippen LogP contribution in [0.4, 0.5) is 11.4 Å². The monoisotopic (exact) mass is 501 g/mol. The zero-order valence-corrected chi connectivity index (χ0v) is 20.1. The van der Waals surface area contributed by atoms with Gasteiger partial charge in [0, 0.05) is 23.5 Å². The molecule has 6 aliphatic rings. The van der Waals surface area contributed by atoms with Gasteiger partial charge in [-0.3, -0.25) is 20.3 Å². The van der Waals surface area contributed by atoms with E-state index in [4.69, 9.17) is 4.74 Å². The van der Waals surface area contributed by atoms with Crippen LogP contribution in [-0.2, 0) is 9.53 Å². The number of hydrogen-bond donors (Lipinski definition) is 5. The van der Waals surface area contributed by atoms with Gasteiger partial charge >= 0.3 is 0 Å². The van der Waals surface area contributed by atoms with Crippen LogP contribution in [0.25, 0.3) is 0 Å². The molecule has 2 heterocycles. The fraction of sp³-hybridized carbons (Fsp3) is 0.680. The maximum Gasteiger partial charge on any atom is 0.269 e. The Bertz CT molecular complexity index is 1170. The summed E-state index contributed by atoms with van der Waals surface area (Å²) >= 11 is 0. The number of non-ortho nitro benzene ring substituents is 1. The average Bonchev–Trinajstić information content (AvgIpc) is 2.94. The van der Waals surface area contributed by atoms with Crippen LogP contribution in [0.5, 0.6) is 0 Å². The van der Waals surface area contributed by atoms with Gasteiger partial charge in [0.05, 0.1) is 35.3 Å². The molecule has 3 unspecified atom stereocenters. The number of carbonyl (C=O) groups excluding carboxylic acids is 1. The Kier molecular flexibility index (Phi) is 4.87. The van der Waals surface area contributed by atoms with E-state index in [9.17, 15) is 35.3 Å². The van der Waals surface area contributed by atoms with Gasteiger partial charge in [-0.05, 0) is 49.1 Å². The third-order valence-corrected chi connectivity index (χ3v) is 10.1. The number of aliphatic hydroxyl groups is 4. The Morgan fingerprint density at radius 3 is 2.47 bits per heavy atom. The van der Waals surface area contributed by atoms with Gasteiger partial charge in [-0.25, -0.2) is 0 Å². The number of aliphatic hydroxyl groups excluding tert-OH is 3. The highest BCUT2D eigenvalue weighted by atomic mass is 16.6. The summed E-state index contributed by atoms with van der Waals surface area (Å²) in [5.41, 5.74) is -0.226. The molecule has 0 radical (unpaired) electrons. The maximum atomic E-state index is 13.6. The number of fused-ring (bicyclic) bond motifs is 2. The number of benzene rings is 1. The van der Waals surface area contributed by atoms with Crippen LogP contribution >= 0.6 is 0 Å². The molecule has 0 amide bonds. The summed E-state index contributed by atoms with van der Waals surface area (Å²) < 4.78 is 5.98. The second-order valence-electron chi connectivity index (χ2n) is 11.9. The highest BCUT2D eigenvalue weighted by Gasteiger charge is 2.87. The Morgan fingerprint density at radius 1 is 1.11 bits per heavy atom. The van der Waals surface area contributed by atoms with Crippen molar-refractivity contribution < 1.29 is 34.9 Å². The van der Waals surface area contributed by atoms with Crippen LogP contribution in [0.2, 0.25) is 0 Å². The molecule has 2 aliphatic heterocycles. The van der Waals surface area contributed by atoms with Crippen molar-refractivity contribution in [2.75, 3.05) is 12.0 Å². The molecular weight excluding hydrogens is 470 g/mol. The number of nitrogens with zero attached hydrogens (tertiary/aromatic N) is 2. The highest BCUT2D eigenvalue weighted by Crippen LogP contribution is 2.75. The van der Waals surface area contributed by atoms with Crippen LogP contribution in [-0.4, -0.2) is 67.6 Å². The van der Waals surface area contributed by atoms with E-state index in [0.717, 1.165) is 0 Å². The first kappa shape index (κ1) is 23.9. The second kappa shape index (κ2) is 7.32. The lowest BCUT2D eigenvalue weighted by Crippen LogP contribution is -2.85. The molecule has 6 fully saturated rings. The van der Waals surface area contributed by atoms with Crippen molar-refractivity contribution in [1.82, 2.24) is 0 Å². The summed E-state index contributed by atoms with van der Waals surface area (Å²) in [6, 6.07) is 5.46. The molecule has 9 atom stereocenters. The molecule has 2 spiro atoms. The van der Waals surface area contributed by atoms with E-state index in [1.54, 1.807) is 0 Å². The van der Waals surface area contributed by atoms with Crippen LogP contribution in [0, 0.1) is 44.1 Å². The molecule has 11 nitrogen and oxygen atoms in total.